The predicted octanol–water partition coefficient (Wildman–Crippen LogP) is 6.07. The molecule has 1 saturated heterocycles. The second-order valence-electron chi connectivity index (χ2n) is 13.3. The molecular formula is C40H29ClFN5O5. The molecule has 3 aliphatic rings. The molecule has 52 heavy (non-hydrogen) atoms. The molecule has 10 nitrogen and oxygen atoms in total. The Labute approximate surface area is 300 Å². The first-order chi connectivity index (χ1) is 25.2. The van der Waals surface area contributed by atoms with Crippen molar-refractivity contribution in [2.45, 2.75) is 30.3 Å². The predicted molar refractivity (Wildman–Crippen MR) is 193 cm³/mol. The molecule has 4 atom stereocenters. The van der Waals surface area contributed by atoms with Crippen LogP contribution in [0.5, 0.6) is 5.75 Å². The number of phenols is 1. The summed E-state index contributed by atoms with van der Waals surface area (Å²) in [4.78, 5) is 58.5. The Balaban J connectivity index is 1.33. The molecule has 2 amide bonds. The number of hydrogen-bond donors (Lipinski definition) is 2. The van der Waals surface area contributed by atoms with E-state index in [1.54, 1.807) is 78.9 Å². The Kier molecular flexibility index (Phi) is 7.13. The fourth-order valence-corrected chi connectivity index (χ4v) is 8.74. The van der Waals surface area contributed by atoms with Gasteiger partial charge < -0.3 is 5.11 Å². The number of allylic oxidation sites excluding steroid dienone is 2. The summed E-state index contributed by atoms with van der Waals surface area (Å²) in [5.41, 5.74) is 2.86. The number of halogens is 2. The lowest BCUT2D eigenvalue weighted by Gasteiger charge is -2.49. The number of hydrazine groups is 1. The topological polar surface area (TPSA) is 119 Å². The van der Waals surface area contributed by atoms with Gasteiger partial charge in [-0.1, -0.05) is 78.3 Å². The first-order valence-electron chi connectivity index (χ1n) is 16.8. The molecule has 0 radical (unpaired) electrons. The molecule has 9 rings (SSSR count). The van der Waals surface area contributed by atoms with Gasteiger partial charge in [0, 0.05) is 16.3 Å². The van der Waals surface area contributed by atoms with Crippen molar-refractivity contribution in [1.29, 1.82) is 0 Å². The van der Waals surface area contributed by atoms with E-state index in [1.807, 2.05) is 18.2 Å². The van der Waals surface area contributed by atoms with Crippen LogP contribution in [-0.2, 0) is 21.5 Å². The highest BCUT2D eigenvalue weighted by Crippen LogP contribution is 2.62. The minimum Gasteiger partial charge on any atom is -0.507 e. The molecule has 258 valence electrons. The third kappa shape index (κ3) is 4.42. The minimum atomic E-state index is -1.58. The molecular weight excluding hydrogens is 685 g/mol. The number of rotatable bonds is 5. The van der Waals surface area contributed by atoms with Gasteiger partial charge in [0.1, 0.15) is 11.6 Å². The summed E-state index contributed by atoms with van der Waals surface area (Å²) in [5.74, 6) is -3.46. The Morgan fingerprint density at radius 1 is 0.788 bits per heavy atom. The third-order valence-electron chi connectivity index (χ3n) is 10.8. The summed E-state index contributed by atoms with van der Waals surface area (Å²) in [5, 5.41) is 13.6. The molecule has 1 aromatic heterocycles. The smallest absolute Gasteiger partial charge is 0.352 e. The van der Waals surface area contributed by atoms with E-state index in [-0.39, 0.29) is 18.7 Å². The third-order valence-corrected chi connectivity index (χ3v) is 11.0. The number of fused-ring (bicyclic) bond motifs is 5. The number of phenolic OH excluding ortho intramolecular Hbond substituents is 1. The number of hydrogen-bond acceptors (Lipinski definition) is 6. The highest BCUT2D eigenvalue weighted by Gasteiger charge is 2.69. The van der Waals surface area contributed by atoms with Gasteiger partial charge in [0.2, 0.25) is 0 Å². The van der Waals surface area contributed by atoms with Gasteiger partial charge in [-0.05, 0) is 83.1 Å². The lowest BCUT2D eigenvalue weighted by Crippen LogP contribution is -2.53. The van der Waals surface area contributed by atoms with E-state index in [0.717, 1.165) is 9.58 Å². The van der Waals surface area contributed by atoms with Crippen molar-refractivity contribution in [2.75, 3.05) is 5.43 Å². The zero-order valence-corrected chi connectivity index (χ0v) is 28.1. The largest absolute Gasteiger partial charge is 0.507 e. The quantitative estimate of drug-likeness (QED) is 0.166. The molecule has 0 bridgehead atoms. The highest BCUT2D eigenvalue weighted by molar-refractivity contribution is 6.30. The van der Waals surface area contributed by atoms with E-state index in [0.29, 0.717) is 43.9 Å². The Morgan fingerprint density at radius 3 is 2.21 bits per heavy atom. The van der Waals surface area contributed by atoms with E-state index >= 15 is 4.79 Å². The van der Waals surface area contributed by atoms with Crippen LogP contribution in [0.3, 0.4) is 0 Å². The van der Waals surface area contributed by atoms with Gasteiger partial charge in [-0.25, -0.2) is 27.9 Å². The van der Waals surface area contributed by atoms with Gasteiger partial charge in [0.05, 0.1) is 35.3 Å². The molecule has 2 N–H and O–H groups in total. The molecule has 3 heterocycles. The monoisotopic (exact) mass is 713 g/mol. The summed E-state index contributed by atoms with van der Waals surface area (Å²) in [7, 11) is 0. The molecule has 1 aliphatic carbocycles. The van der Waals surface area contributed by atoms with Crippen molar-refractivity contribution in [1.82, 2.24) is 18.9 Å². The van der Waals surface area contributed by atoms with Gasteiger partial charge in [-0.2, -0.15) is 5.01 Å². The Hall–Kier alpha value is -6.20. The van der Waals surface area contributed by atoms with E-state index in [2.05, 4.69) is 5.43 Å². The van der Waals surface area contributed by atoms with Crippen LogP contribution in [0.4, 0.5) is 10.1 Å². The number of carbonyl (C=O) groups excluding carboxylic acids is 2. The number of imide groups is 1. The van der Waals surface area contributed by atoms with Crippen molar-refractivity contribution in [3.05, 3.63) is 170 Å². The summed E-state index contributed by atoms with van der Waals surface area (Å²) >= 11 is 6.39. The maximum absolute atomic E-state index is 15.4. The minimum absolute atomic E-state index is 0.00525. The number of aromatic nitrogens is 3. The number of amides is 2. The first kappa shape index (κ1) is 31.8. The second kappa shape index (κ2) is 11.7. The number of para-hydroxylation sites is 1. The normalized spacial score (nSPS) is 22.2. The Bertz CT molecular complexity index is 2600. The van der Waals surface area contributed by atoms with Gasteiger partial charge in [0.25, 0.3) is 11.8 Å². The van der Waals surface area contributed by atoms with Gasteiger partial charge in [-0.15, -0.1) is 0 Å². The van der Waals surface area contributed by atoms with E-state index in [9.17, 15) is 23.9 Å². The molecule has 12 heteroatoms. The molecule has 5 aromatic carbocycles. The SMILES string of the molecule is O=C1[C@@H]2C[C@@H]3C(=CCn4c(=O)n(-c5ccccc5)c(=O)n43)[C@H](c3ccc(O)c4ccccc34)[C@]2(c2ccc(Cl)cc2)C(=O)N1Nc1ccc(F)cc1. The van der Waals surface area contributed by atoms with Crippen molar-refractivity contribution in [2.24, 2.45) is 5.92 Å². The van der Waals surface area contributed by atoms with Crippen LogP contribution < -0.4 is 16.8 Å². The zero-order chi connectivity index (χ0) is 35.9. The molecule has 0 unspecified atom stereocenters. The van der Waals surface area contributed by atoms with Crippen LogP contribution in [0.1, 0.15) is 29.5 Å². The lowest BCUT2D eigenvalue weighted by atomic mass is 9.53. The molecule has 0 spiro atoms. The summed E-state index contributed by atoms with van der Waals surface area (Å²) in [6, 6.07) is 30.6. The van der Waals surface area contributed by atoms with Crippen LogP contribution in [0, 0.1) is 11.7 Å². The highest BCUT2D eigenvalue weighted by atomic mass is 35.5. The van der Waals surface area contributed by atoms with Crippen LogP contribution >= 0.6 is 11.6 Å². The number of nitrogens with one attached hydrogen (secondary N) is 1. The van der Waals surface area contributed by atoms with Crippen LogP contribution in [-0.4, -0.2) is 35.9 Å². The lowest BCUT2D eigenvalue weighted by molar-refractivity contribution is -0.138. The van der Waals surface area contributed by atoms with Crippen LogP contribution in [0.2, 0.25) is 5.02 Å². The summed E-state index contributed by atoms with van der Waals surface area (Å²) in [6.45, 7) is 0.0350. The zero-order valence-electron chi connectivity index (χ0n) is 27.3. The van der Waals surface area contributed by atoms with E-state index < -0.39 is 52.3 Å². The number of aromatic hydroxyl groups is 1. The van der Waals surface area contributed by atoms with E-state index in [4.69, 9.17) is 11.6 Å². The molecule has 6 aromatic rings. The first-order valence-corrected chi connectivity index (χ1v) is 17.1. The number of nitrogens with zero attached hydrogens (tertiary/aromatic N) is 4. The van der Waals surface area contributed by atoms with E-state index in [1.165, 1.54) is 33.6 Å². The summed E-state index contributed by atoms with van der Waals surface area (Å²) in [6.07, 6.45) is 1.89. The number of anilines is 1. The van der Waals surface area contributed by atoms with Crippen molar-refractivity contribution >= 4 is 39.9 Å². The van der Waals surface area contributed by atoms with Gasteiger partial charge >= 0.3 is 11.4 Å². The van der Waals surface area contributed by atoms with Crippen molar-refractivity contribution in [3.8, 4) is 11.4 Å². The standard InChI is InChI=1S/C40H29ClFN5O5/c41-24-12-10-23(11-13-24)40-32(36(49)46(37(40)50)43-26-16-14-25(42)15-17-26)22-33-31(35(40)30-18-19-34(48)29-9-5-4-8-28(29)30)20-21-44-38(51)45(39(52)47(33)44)27-6-2-1-3-7-27/h1-20,32-33,35,43,48H,21-22H2/t32-,33+,35-,40+/m0/s1. The van der Waals surface area contributed by atoms with Crippen molar-refractivity contribution < 1.29 is 19.1 Å². The molecule has 2 fully saturated rings. The average Bonchev–Trinajstić information content (AvgIpc) is 3.54. The fourth-order valence-electron chi connectivity index (χ4n) is 8.62. The summed E-state index contributed by atoms with van der Waals surface area (Å²) < 4.78 is 17.8. The molecule has 2 aliphatic heterocycles. The molecule has 1 saturated carbocycles. The fraction of sp³-hybridized carbons (Fsp3) is 0.150. The van der Waals surface area contributed by atoms with Crippen LogP contribution in [0.15, 0.2) is 136 Å². The van der Waals surface area contributed by atoms with Gasteiger partial charge in [-0.3, -0.25) is 15.0 Å². The van der Waals surface area contributed by atoms with Crippen molar-refractivity contribution in [3.63, 3.8) is 0 Å². The average molecular weight is 714 g/mol. The second-order valence-corrected chi connectivity index (χ2v) is 13.7. The maximum atomic E-state index is 15.4. The number of benzene rings is 5. The van der Waals surface area contributed by atoms with Crippen LogP contribution in [0.25, 0.3) is 16.5 Å². The Morgan fingerprint density at radius 2 is 1.48 bits per heavy atom. The maximum Gasteiger partial charge on any atom is 0.352 e. The number of carbonyl (C=O) groups is 2. The van der Waals surface area contributed by atoms with Gasteiger partial charge in [0.15, 0.2) is 0 Å².